The number of rotatable bonds is 8. The van der Waals surface area contributed by atoms with Crippen molar-refractivity contribution in [1.82, 2.24) is 0 Å². The van der Waals surface area contributed by atoms with Crippen LogP contribution in [0.1, 0.15) is 75.2 Å². The molecule has 0 amide bonds. The van der Waals surface area contributed by atoms with E-state index in [0.29, 0.717) is 12.8 Å². The fraction of sp³-hybridized carbons (Fsp3) is 0.938. The van der Waals surface area contributed by atoms with Gasteiger partial charge in [-0.2, -0.15) is 15.0 Å². The van der Waals surface area contributed by atoms with Crippen LogP contribution in [0.2, 0.25) is 0 Å². The van der Waals surface area contributed by atoms with Crippen LogP contribution in [0.15, 0.2) is 0 Å². The molecular formula is C16H34O9. The maximum atomic E-state index is 11.0. The maximum absolute atomic E-state index is 11.0. The van der Waals surface area contributed by atoms with Crippen LogP contribution >= 0.6 is 0 Å². The zero-order chi connectivity index (χ0) is 20.5. The zero-order valence-electron chi connectivity index (χ0n) is 16.7. The first-order valence-corrected chi connectivity index (χ1v) is 8.06. The third-order valence-corrected chi connectivity index (χ3v) is 4.53. The Labute approximate surface area is 149 Å². The number of carbonyl (C=O) groups is 1. The lowest BCUT2D eigenvalue weighted by Gasteiger charge is -2.34. The Morgan fingerprint density at radius 1 is 0.760 bits per heavy atom. The Bertz CT molecular complexity index is 362. The van der Waals surface area contributed by atoms with Crippen molar-refractivity contribution in [3.05, 3.63) is 0 Å². The molecule has 0 saturated carbocycles. The van der Waals surface area contributed by atoms with Crippen LogP contribution in [0.5, 0.6) is 0 Å². The fourth-order valence-electron chi connectivity index (χ4n) is 0.874. The Hall–Kier alpha value is -0.810. The third kappa shape index (κ3) is 8.41. The molecule has 2 atom stereocenters. The molecule has 0 saturated heterocycles. The number of hydrogen-bond acceptors (Lipinski definition) is 9. The summed E-state index contributed by atoms with van der Waals surface area (Å²) in [6, 6.07) is 0. The van der Waals surface area contributed by atoms with Gasteiger partial charge in [0.1, 0.15) is 0 Å². The monoisotopic (exact) mass is 370 g/mol. The summed E-state index contributed by atoms with van der Waals surface area (Å²) >= 11 is 0. The lowest BCUT2D eigenvalue weighted by atomic mass is 9.69. The van der Waals surface area contributed by atoms with Crippen LogP contribution in [0.25, 0.3) is 0 Å². The van der Waals surface area contributed by atoms with Crippen molar-refractivity contribution in [2.75, 3.05) is 0 Å². The van der Waals surface area contributed by atoms with E-state index in [4.69, 9.17) is 25.5 Å². The summed E-state index contributed by atoms with van der Waals surface area (Å²) in [7, 11) is 0. The molecule has 25 heavy (non-hydrogen) atoms. The molecule has 0 radical (unpaired) electrons. The summed E-state index contributed by atoms with van der Waals surface area (Å²) in [5, 5.41) is 25.2. The predicted molar refractivity (Wildman–Crippen MR) is 88.9 cm³/mol. The van der Waals surface area contributed by atoms with Crippen molar-refractivity contribution in [3.8, 4) is 0 Å². The molecule has 3 N–H and O–H groups in total. The maximum Gasteiger partial charge on any atom is 0.348 e. The van der Waals surface area contributed by atoms with E-state index in [-0.39, 0.29) is 5.41 Å². The Kier molecular flexibility index (Phi) is 11.0. The van der Waals surface area contributed by atoms with Gasteiger partial charge in [0.15, 0.2) is 0 Å². The van der Waals surface area contributed by atoms with Crippen LogP contribution in [0.3, 0.4) is 0 Å². The molecular weight excluding hydrogens is 336 g/mol. The van der Waals surface area contributed by atoms with Crippen LogP contribution in [0.4, 0.5) is 0 Å². The molecule has 0 aromatic carbocycles. The van der Waals surface area contributed by atoms with Crippen molar-refractivity contribution in [3.63, 3.8) is 0 Å². The molecule has 0 aromatic heterocycles. The predicted octanol–water partition coefficient (Wildman–Crippen LogP) is 4.24. The van der Waals surface area contributed by atoms with Gasteiger partial charge in [-0.25, -0.2) is 25.1 Å². The van der Waals surface area contributed by atoms with Gasteiger partial charge in [0.25, 0.3) is 0 Å². The lowest BCUT2D eigenvalue weighted by Crippen LogP contribution is -2.38. The highest BCUT2D eigenvalue weighted by Gasteiger charge is 2.41. The molecule has 0 aliphatic rings. The highest BCUT2D eigenvalue weighted by molar-refractivity contribution is 5.76. The van der Waals surface area contributed by atoms with Crippen LogP contribution < -0.4 is 0 Å². The third-order valence-electron chi connectivity index (χ3n) is 4.53. The van der Waals surface area contributed by atoms with E-state index >= 15 is 0 Å². The molecule has 2 unspecified atom stereocenters. The van der Waals surface area contributed by atoms with Gasteiger partial charge in [-0.1, -0.05) is 34.6 Å². The molecule has 0 heterocycles. The minimum atomic E-state index is -1.27. The Morgan fingerprint density at radius 2 is 1.08 bits per heavy atom. The first kappa shape index (κ1) is 26.4. The topological polar surface area (TPSA) is 124 Å². The molecule has 0 bridgehead atoms. The van der Waals surface area contributed by atoms with Gasteiger partial charge in [-0.15, -0.1) is 0 Å². The average molecular weight is 370 g/mol. The molecule has 0 spiro atoms. The largest absolute Gasteiger partial charge is 0.348 e. The lowest BCUT2D eigenvalue weighted by molar-refractivity contribution is -0.566. The summed E-state index contributed by atoms with van der Waals surface area (Å²) in [5.41, 5.74) is -0.880. The van der Waals surface area contributed by atoms with E-state index in [9.17, 15) is 4.79 Å². The molecule has 9 nitrogen and oxygen atoms in total. The van der Waals surface area contributed by atoms with E-state index in [1.165, 1.54) is 13.8 Å². The average Bonchev–Trinajstić information content (AvgIpc) is 2.58. The molecule has 0 aliphatic carbocycles. The van der Waals surface area contributed by atoms with Crippen molar-refractivity contribution < 1.29 is 45.0 Å². The first-order chi connectivity index (χ1) is 11.2. The minimum Gasteiger partial charge on any atom is -0.300 e. The smallest absolute Gasteiger partial charge is 0.300 e. The summed E-state index contributed by atoms with van der Waals surface area (Å²) in [5.74, 6) is -3.13. The fourth-order valence-corrected chi connectivity index (χ4v) is 0.874. The molecule has 9 heteroatoms. The quantitative estimate of drug-likeness (QED) is 0.327. The highest BCUT2D eigenvalue weighted by Crippen LogP contribution is 2.38. The highest BCUT2D eigenvalue weighted by atomic mass is 17.3. The van der Waals surface area contributed by atoms with Crippen molar-refractivity contribution in [2.45, 2.75) is 86.7 Å². The second-order valence-corrected chi connectivity index (χ2v) is 7.58. The van der Waals surface area contributed by atoms with Gasteiger partial charge in [0.2, 0.25) is 11.6 Å². The van der Waals surface area contributed by atoms with Gasteiger partial charge < -0.3 is 4.89 Å². The van der Waals surface area contributed by atoms with Crippen molar-refractivity contribution >= 4 is 5.97 Å². The Morgan fingerprint density at radius 3 is 1.20 bits per heavy atom. The second-order valence-electron chi connectivity index (χ2n) is 7.58. The number of hydrogen-bond donors (Lipinski definition) is 3. The van der Waals surface area contributed by atoms with E-state index < -0.39 is 23.0 Å². The summed E-state index contributed by atoms with van der Waals surface area (Å²) in [6.07, 6.45) is 0.740. The Balaban J connectivity index is 0. The van der Waals surface area contributed by atoms with E-state index in [2.05, 4.69) is 14.7 Å². The van der Waals surface area contributed by atoms with Crippen molar-refractivity contribution in [1.29, 1.82) is 0 Å². The normalized spacial score (nSPS) is 17.0. The standard InChI is InChI=1S/C8H18O6.C8H16O3/c1-5-7(3,11-9)13-14-8(4,6-2)12-10;1-7(2,3)8(4,5)6(9)11-10/h9-10H,5-6H2,1-4H3;10H,1-5H3. The SMILES string of the molecule is CC(C)(C)C(C)(C)C(=O)OO.CCC(C)(OO)OOC(C)(CC)OO. The summed E-state index contributed by atoms with van der Waals surface area (Å²) in [6.45, 7) is 15.7. The molecule has 0 fully saturated rings. The summed E-state index contributed by atoms with van der Waals surface area (Å²) in [4.78, 5) is 32.5. The van der Waals surface area contributed by atoms with E-state index in [0.717, 1.165) is 0 Å². The van der Waals surface area contributed by atoms with E-state index in [1.807, 2.05) is 20.8 Å². The minimum absolute atomic E-state index is 0.215. The van der Waals surface area contributed by atoms with Crippen molar-refractivity contribution in [2.24, 2.45) is 10.8 Å². The molecule has 0 aromatic rings. The second kappa shape index (κ2) is 10.4. The van der Waals surface area contributed by atoms with Gasteiger partial charge in [-0.05, 0) is 33.1 Å². The van der Waals surface area contributed by atoms with Crippen LogP contribution in [0, 0.1) is 10.8 Å². The van der Waals surface area contributed by atoms with Gasteiger partial charge in [0.05, 0.1) is 5.41 Å². The first-order valence-electron chi connectivity index (χ1n) is 8.06. The van der Waals surface area contributed by atoms with Crippen LogP contribution in [-0.2, 0) is 29.2 Å². The van der Waals surface area contributed by atoms with Gasteiger partial charge in [0, 0.05) is 12.8 Å². The molecule has 152 valence electrons. The van der Waals surface area contributed by atoms with Gasteiger partial charge >= 0.3 is 5.97 Å². The number of carbonyl (C=O) groups excluding carboxylic acids is 1. The summed E-state index contributed by atoms with van der Waals surface area (Å²) < 4.78 is 0. The van der Waals surface area contributed by atoms with Crippen LogP contribution in [-0.4, -0.2) is 33.3 Å². The van der Waals surface area contributed by atoms with Gasteiger partial charge in [-0.3, -0.25) is 0 Å². The zero-order valence-corrected chi connectivity index (χ0v) is 16.7. The molecule has 0 rings (SSSR count). The molecule has 0 aliphatic heterocycles. The van der Waals surface area contributed by atoms with E-state index in [1.54, 1.807) is 27.7 Å².